The van der Waals surface area contributed by atoms with Crippen LogP contribution in [0.1, 0.15) is 11.5 Å². The Hall–Kier alpha value is -1.71. The van der Waals surface area contributed by atoms with Crippen LogP contribution in [0.3, 0.4) is 0 Å². The molecule has 2 aromatic rings. The number of aryl methyl sites for hydroxylation is 1. The van der Waals surface area contributed by atoms with E-state index >= 15 is 0 Å². The Labute approximate surface area is 117 Å². The normalized spacial score (nSPS) is 11.9. The molecule has 2 aromatic heterocycles. The van der Waals surface area contributed by atoms with E-state index in [2.05, 4.69) is 25.2 Å². The third kappa shape index (κ3) is 3.44. The van der Waals surface area contributed by atoms with Crippen molar-refractivity contribution >= 4 is 10.0 Å². The molecular weight excluding hydrogens is 280 g/mol. The summed E-state index contributed by atoms with van der Waals surface area (Å²) >= 11 is 0. The number of H-pyrrole nitrogens is 1. The molecule has 2 rings (SSSR count). The molecule has 0 aliphatic carbocycles. The summed E-state index contributed by atoms with van der Waals surface area (Å²) in [7, 11) is 0.129. The van der Waals surface area contributed by atoms with Gasteiger partial charge in [0.1, 0.15) is 12.2 Å². The summed E-state index contributed by atoms with van der Waals surface area (Å²) in [5.41, 5.74) is 0.821. The van der Waals surface area contributed by atoms with Crippen LogP contribution in [0.2, 0.25) is 0 Å². The van der Waals surface area contributed by atoms with Gasteiger partial charge in [-0.15, -0.1) is 10.2 Å². The minimum absolute atomic E-state index is 0.237. The first-order valence-electron chi connectivity index (χ1n) is 6.17. The fraction of sp³-hybridized carbons (Fsp3) is 0.455. The molecule has 0 unspecified atom stereocenters. The quantitative estimate of drug-likeness (QED) is 0.632. The zero-order chi connectivity index (χ0) is 14.6. The van der Waals surface area contributed by atoms with Gasteiger partial charge in [-0.25, -0.2) is 13.1 Å². The first-order valence-corrected chi connectivity index (χ1v) is 7.65. The molecule has 110 valence electrons. The summed E-state index contributed by atoms with van der Waals surface area (Å²) in [6.07, 6.45) is 3.56. The maximum absolute atomic E-state index is 12.1. The van der Waals surface area contributed by atoms with Crippen molar-refractivity contribution in [2.75, 3.05) is 13.6 Å². The van der Waals surface area contributed by atoms with E-state index < -0.39 is 10.0 Å². The SMILES string of the molecule is CNCc1cc(S(=O)(=O)NCCc2nncn2C)c[nH]1. The number of sulfonamides is 1. The molecule has 0 fully saturated rings. The zero-order valence-corrected chi connectivity index (χ0v) is 12.2. The van der Waals surface area contributed by atoms with Gasteiger partial charge in [-0.05, 0) is 13.1 Å². The summed E-state index contributed by atoms with van der Waals surface area (Å²) in [5, 5.41) is 10.6. The van der Waals surface area contributed by atoms with Gasteiger partial charge in [-0.1, -0.05) is 0 Å². The van der Waals surface area contributed by atoms with Crippen molar-refractivity contribution in [3.8, 4) is 0 Å². The molecule has 0 spiro atoms. The first kappa shape index (κ1) is 14.7. The summed E-state index contributed by atoms with van der Waals surface area (Å²) in [6.45, 7) is 0.871. The Balaban J connectivity index is 1.95. The van der Waals surface area contributed by atoms with Crippen LogP contribution >= 0.6 is 0 Å². The molecule has 0 radical (unpaired) electrons. The molecule has 0 amide bonds. The van der Waals surface area contributed by atoms with Crippen molar-refractivity contribution in [3.05, 3.63) is 30.1 Å². The number of hydrogen-bond acceptors (Lipinski definition) is 5. The largest absolute Gasteiger partial charge is 0.363 e. The molecule has 3 N–H and O–H groups in total. The molecule has 0 bridgehead atoms. The number of rotatable bonds is 7. The van der Waals surface area contributed by atoms with E-state index in [0.29, 0.717) is 13.0 Å². The van der Waals surface area contributed by atoms with E-state index in [1.807, 2.05) is 7.05 Å². The Morgan fingerprint density at radius 3 is 2.90 bits per heavy atom. The molecule has 2 heterocycles. The zero-order valence-electron chi connectivity index (χ0n) is 11.4. The second-order valence-corrected chi connectivity index (χ2v) is 6.16. The van der Waals surface area contributed by atoms with E-state index in [1.54, 1.807) is 24.0 Å². The number of aromatic nitrogens is 4. The highest BCUT2D eigenvalue weighted by atomic mass is 32.2. The van der Waals surface area contributed by atoms with Gasteiger partial charge in [0, 0.05) is 38.4 Å². The third-order valence-electron chi connectivity index (χ3n) is 2.84. The standard InChI is InChI=1S/C11H18N6O2S/c1-12-6-9-5-10(7-13-9)20(18,19)15-4-3-11-16-14-8-17(11)2/h5,7-8,12-13,15H,3-4,6H2,1-2H3. The van der Waals surface area contributed by atoms with E-state index in [0.717, 1.165) is 11.5 Å². The van der Waals surface area contributed by atoms with Gasteiger partial charge in [0.2, 0.25) is 10.0 Å². The predicted molar refractivity (Wildman–Crippen MR) is 73.5 cm³/mol. The number of nitrogens with zero attached hydrogens (tertiary/aromatic N) is 3. The van der Waals surface area contributed by atoms with Crippen LogP contribution in [-0.4, -0.2) is 41.8 Å². The van der Waals surface area contributed by atoms with Crippen LogP contribution in [0.25, 0.3) is 0 Å². The lowest BCUT2D eigenvalue weighted by Gasteiger charge is -2.04. The molecule has 9 heteroatoms. The first-order chi connectivity index (χ1) is 9.53. The summed E-state index contributed by atoms with van der Waals surface area (Å²) in [5.74, 6) is 0.734. The van der Waals surface area contributed by atoms with Crippen molar-refractivity contribution in [1.29, 1.82) is 0 Å². The molecule has 0 saturated heterocycles. The van der Waals surface area contributed by atoms with E-state index in [-0.39, 0.29) is 11.4 Å². The van der Waals surface area contributed by atoms with E-state index in [9.17, 15) is 8.42 Å². The summed E-state index contributed by atoms with van der Waals surface area (Å²) in [4.78, 5) is 3.15. The van der Waals surface area contributed by atoms with Gasteiger partial charge < -0.3 is 14.9 Å². The van der Waals surface area contributed by atoms with Crippen molar-refractivity contribution in [3.63, 3.8) is 0 Å². The minimum Gasteiger partial charge on any atom is -0.363 e. The Morgan fingerprint density at radius 1 is 1.45 bits per heavy atom. The predicted octanol–water partition coefficient (Wildman–Crippen LogP) is -0.616. The minimum atomic E-state index is -3.49. The molecule has 0 aliphatic heterocycles. The van der Waals surface area contributed by atoms with Gasteiger partial charge in [0.25, 0.3) is 0 Å². The van der Waals surface area contributed by atoms with Gasteiger partial charge >= 0.3 is 0 Å². The molecular formula is C11H18N6O2S. The lowest BCUT2D eigenvalue weighted by atomic mass is 10.4. The Morgan fingerprint density at radius 2 is 2.25 bits per heavy atom. The van der Waals surface area contributed by atoms with Crippen LogP contribution in [0.15, 0.2) is 23.5 Å². The number of aromatic amines is 1. The maximum atomic E-state index is 12.1. The fourth-order valence-corrected chi connectivity index (χ4v) is 2.83. The maximum Gasteiger partial charge on any atom is 0.242 e. The lowest BCUT2D eigenvalue weighted by Crippen LogP contribution is -2.26. The second kappa shape index (κ2) is 6.16. The third-order valence-corrected chi connectivity index (χ3v) is 4.28. The highest BCUT2D eigenvalue weighted by molar-refractivity contribution is 7.89. The van der Waals surface area contributed by atoms with Crippen LogP contribution in [0.4, 0.5) is 0 Å². The van der Waals surface area contributed by atoms with Crippen molar-refractivity contribution in [2.24, 2.45) is 7.05 Å². The fourth-order valence-electron chi connectivity index (χ4n) is 1.78. The van der Waals surface area contributed by atoms with E-state index in [1.165, 1.54) is 6.20 Å². The van der Waals surface area contributed by atoms with Crippen LogP contribution in [-0.2, 0) is 30.0 Å². The molecule has 0 aliphatic rings. The van der Waals surface area contributed by atoms with Gasteiger partial charge in [0.15, 0.2) is 0 Å². The number of nitrogens with one attached hydrogen (secondary N) is 3. The van der Waals surface area contributed by atoms with Crippen molar-refractivity contribution < 1.29 is 8.42 Å². The van der Waals surface area contributed by atoms with Crippen LogP contribution in [0.5, 0.6) is 0 Å². The molecule has 0 aromatic carbocycles. The Bertz CT molecular complexity index is 660. The summed E-state index contributed by atoms with van der Waals surface area (Å²) in [6, 6.07) is 1.61. The molecule has 0 atom stereocenters. The Kier molecular flexibility index (Phi) is 4.53. The van der Waals surface area contributed by atoms with E-state index in [4.69, 9.17) is 0 Å². The van der Waals surface area contributed by atoms with Gasteiger partial charge in [-0.2, -0.15) is 0 Å². The van der Waals surface area contributed by atoms with Crippen LogP contribution < -0.4 is 10.0 Å². The van der Waals surface area contributed by atoms with Crippen LogP contribution in [0, 0.1) is 0 Å². The van der Waals surface area contributed by atoms with Crippen molar-refractivity contribution in [1.82, 2.24) is 29.8 Å². The highest BCUT2D eigenvalue weighted by Crippen LogP contribution is 2.10. The van der Waals surface area contributed by atoms with Gasteiger partial charge in [-0.3, -0.25) is 0 Å². The molecule has 20 heavy (non-hydrogen) atoms. The molecule has 0 saturated carbocycles. The number of hydrogen-bond donors (Lipinski definition) is 3. The smallest absolute Gasteiger partial charge is 0.242 e. The lowest BCUT2D eigenvalue weighted by molar-refractivity contribution is 0.580. The average molecular weight is 298 g/mol. The van der Waals surface area contributed by atoms with Gasteiger partial charge in [0.05, 0.1) is 4.90 Å². The second-order valence-electron chi connectivity index (χ2n) is 4.40. The average Bonchev–Trinajstić information content (AvgIpc) is 3.00. The molecule has 8 nitrogen and oxygen atoms in total. The highest BCUT2D eigenvalue weighted by Gasteiger charge is 2.15. The van der Waals surface area contributed by atoms with Crippen molar-refractivity contribution in [2.45, 2.75) is 17.9 Å². The monoisotopic (exact) mass is 298 g/mol. The summed E-state index contributed by atoms with van der Waals surface area (Å²) < 4.78 is 28.4. The topological polar surface area (TPSA) is 105 Å².